The van der Waals surface area contributed by atoms with E-state index in [4.69, 9.17) is 5.26 Å². The van der Waals surface area contributed by atoms with Crippen LogP contribution >= 0.6 is 0 Å². The molecule has 0 aliphatic heterocycles. The Morgan fingerprint density at radius 3 is 2.82 bits per heavy atom. The smallest absolute Gasteiger partial charge is 0.305 e. The molecule has 0 aliphatic carbocycles. The molecule has 0 bridgehead atoms. The van der Waals surface area contributed by atoms with Gasteiger partial charge in [-0.15, -0.1) is 0 Å². The minimum atomic E-state index is -0.596. The predicted molar refractivity (Wildman–Crippen MR) is 63.8 cm³/mol. The van der Waals surface area contributed by atoms with Crippen LogP contribution in [0.1, 0.15) is 25.5 Å². The number of rotatable bonds is 5. The van der Waals surface area contributed by atoms with Crippen molar-refractivity contribution in [1.29, 1.82) is 5.26 Å². The number of aromatic nitrogens is 1. The van der Waals surface area contributed by atoms with Gasteiger partial charge in [0.05, 0.1) is 4.92 Å². The maximum atomic E-state index is 10.6. The first-order valence-electron chi connectivity index (χ1n) is 5.36. The second kappa shape index (κ2) is 5.80. The average Bonchev–Trinajstić information content (AvgIpc) is 2.34. The van der Waals surface area contributed by atoms with E-state index in [2.05, 4.69) is 11.9 Å². The Hall–Kier alpha value is -2.16. The van der Waals surface area contributed by atoms with Crippen molar-refractivity contribution in [2.75, 3.05) is 18.5 Å². The number of hydrogen-bond acceptors (Lipinski definition) is 5. The van der Waals surface area contributed by atoms with Gasteiger partial charge in [0.1, 0.15) is 11.9 Å². The summed E-state index contributed by atoms with van der Waals surface area (Å²) in [5.74, 6) is 0.584. The molecule has 1 heterocycles. The van der Waals surface area contributed by atoms with Crippen molar-refractivity contribution in [2.24, 2.45) is 0 Å². The highest BCUT2D eigenvalue weighted by Crippen LogP contribution is 2.20. The van der Waals surface area contributed by atoms with Crippen LogP contribution in [0.4, 0.5) is 11.5 Å². The Morgan fingerprint density at radius 1 is 1.59 bits per heavy atom. The minimum absolute atomic E-state index is 0.143. The van der Waals surface area contributed by atoms with E-state index in [9.17, 15) is 10.1 Å². The number of nitrogens with zero attached hydrogens (tertiary/aromatic N) is 4. The molecule has 6 heteroatoms. The van der Waals surface area contributed by atoms with Crippen molar-refractivity contribution in [1.82, 2.24) is 4.98 Å². The molecule has 0 fully saturated rings. The molecule has 0 spiro atoms. The van der Waals surface area contributed by atoms with Gasteiger partial charge in [-0.1, -0.05) is 13.3 Å². The van der Waals surface area contributed by atoms with Crippen LogP contribution in [0.25, 0.3) is 0 Å². The van der Waals surface area contributed by atoms with E-state index in [1.807, 2.05) is 11.9 Å². The molecular weight excluding hydrogens is 220 g/mol. The Bertz CT molecular complexity index is 453. The van der Waals surface area contributed by atoms with Crippen LogP contribution < -0.4 is 4.90 Å². The molecule has 0 unspecified atom stereocenters. The first kappa shape index (κ1) is 12.9. The van der Waals surface area contributed by atoms with E-state index < -0.39 is 4.92 Å². The largest absolute Gasteiger partial charge is 0.360 e. The summed E-state index contributed by atoms with van der Waals surface area (Å²) in [5.41, 5.74) is -0.393. The molecule has 1 aromatic heterocycles. The van der Waals surface area contributed by atoms with Gasteiger partial charge in [-0.3, -0.25) is 10.1 Å². The number of hydrogen-bond donors (Lipinski definition) is 0. The molecule has 1 aromatic rings. The van der Waals surface area contributed by atoms with Gasteiger partial charge in [-0.05, 0) is 12.5 Å². The molecule has 0 N–H and O–H groups in total. The fourth-order valence-corrected chi connectivity index (χ4v) is 1.39. The zero-order chi connectivity index (χ0) is 12.8. The molecule has 0 aromatic carbocycles. The van der Waals surface area contributed by atoms with E-state index in [0.717, 1.165) is 19.4 Å². The lowest BCUT2D eigenvalue weighted by atomic mass is 10.3. The van der Waals surface area contributed by atoms with E-state index in [0.29, 0.717) is 5.82 Å². The minimum Gasteiger partial charge on any atom is -0.360 e. The lowest BCUT2D eigenvalue weighted by Gasteiger charge is -2.17. The van der Waals surface area contributed by atoms with Crippen LogP contribution in [0.2, 0.25) is 0 Å². The third-order valence-corrected chi connectivity index (χ3v) is 2.40. The topological polar surface area (TPSA) is 83.1 Å². The summed E-state index contributed by atoms with van der Waals surface area (Å²) in [4.78, 5) is 15.9. The molecular formula is C11H14N4O2. The fourth-order valence-electron chi connectivity index (χ4n) is 1.39. The van der Waals surface area contributed by atoms with Gasteiger partial charge in [0.15, 0.2) is 0 Å². The van der Waals surface area contributed by atoms with Crippen LogP contribution in [0.3, 0.4) is 0 Å². The van der Waals surface area contributed by atoms with E-state index >= 15 is 0 Å². The van der Waals surface area contributed by atoms with Crippen molar-refractivity contribution in [2.45, 2.75) is 19.8 Å². The fraction of sp³-hybridized carbons (Fsp3) is 0.455. The zero-order valence-corrected chi connectivity index (χ0v) is 9.88. The van der Waals surface area contributed by atoms with Crippen LogP contribution in [-0.2, 0) is 0 Å². The summed E-state index contributed by atoms with van der Waals surface area (Å²) >= 11 is 0. The van der Waals surface area contributed by atoms with E-state index in [-0.39, 0.29) is 11.4 Å². The summed E-state index contributed by atoms with van der Waals surface area (Å²) in [5, 5.41) is 19.4. The molecule has 90 valence electrons. The maximum absolute atomic E-state index is 10.6. The molecule has 17 heavy (non-hydrogen) atoms. The molecule has 0 aliphatic rings. The Kier molecular flexibility index (Phi) is 4.40. The van der Waals surface area contributed by atoms with Crippen LogP contribution in [0, 0.1) is 21.4 Å². The van der Waals surface area contributed by atoms with Crippen molar-refractivity contribution in [3.63, 3.8) is 0 Å². The van der Waals surface area contributed by atoms with E-state index in [1.54, 1.807) is 12.1 Å². The van der Waals surface area contributed by atoms with Crippen molar-refractivity contribution < 1.29 is 4.92 Å². The highest BCUT2D eigenvalue weighted by atomic mass is 16.6. The van der Waals surface area contributed by atoms with Crippen LogP contribution in [0.5, 0.6) is 0 Å². The van der Waals surface area contributed by atoms with Gasteiger partial charge in [-0.25, -0.2) is 4.98 Å². The number of unbranched alkanes of at least 4 members (excludes halogenated alkanes) is 1. The number of nitriles is 1. The third kappa shape index (κ3) is 3.14. The number of nitro groups is 1. The standard InChI is InChI=1S/C11H14N4O2/c1-3-4-7-14(2)11-6-5-10(15(16)17)9(8-12)13-11/h5-6H,3-4,7H2,1-2H3. The summed E-state index contributed by atoms with van der Waals surface area (Å²) in [6, 6.07) is 4.64. The van der Waals surface area contributed by atoms with Gasteiger partial charge in [0.2, 0.25) is 5.69 Å². The Balaban J connectivity index is 2.98. The van der Waals surface area contributed by atoms with E-state index in [1.165, 1.54) is 6.07 Å². The van der Waals surface area contributed by atoms with Gasteiger partial charge >= 0.3 is 5.69 Å². The van der Waals surface area contributed by atoms with Gasteiger partial charge < -0.3 is 4.90 Å². The lowest BCUT2D eigenvalue weighted by molar-refractivity contribution is -0.385. The van der Waals surface area contributed by atoms with Crippen molar-refractivity contribution in [3.8, 4) is 6.07 Å². The molecule has 0 saturated carbocycles. The van der Waals surface area contributed by atoms with Gasteiger partial charge in [-0.2, -0.15) is 5.26 Å². The summed E-state index contributed by atoms with van der Waals surface area (Å²) in [6.45, 7) is 2.89. The molecule has 1 rings (SSSR count). The Labute approximate surface area is 99.6 Å². The zero-order valence-electron chi connectivity index (χ0n) is 9.88. The second-order valence-corrected chi connectivity index (χ2v) is 3.68. The molecule has 0 saturated heterocycles. The lowest BCUT2D eigenvalue weighted by Crippen LogP contribution is -2.19. The van der Waals surface area contributed by atoms with Crippen molar-refractivity contribution >= 4 is 11.5 Å². The van der Waals surface area contributed by atoms with Gasteiger partial charge in [0.25, 0.3) is 0 Å². The molecule has 6 nitrogen and oxygen atoms in total. The average molecular weight is 234 g/mol. The molecule has 0 amide bonds. The second-order valence-electron chi connectivity index (χ2n) is 3.68. The quantitative estimate of drug-likeness (QED) is 0.575. The summed E-state index contributed by atoms with van der Waals surface area (Å²) in [7, 11) is 1.85. The number of anilines is 1. The maximum Gasteiger partial charge on any atom is 0.305 e. The normalized spacial score (nSPS) is 9.71. The highest BCUT2D eigenvalue weighted by Gasteiger charge is 2.16. The monoisotopic (exact) mass is 234 g/mol. The third-order valence-electron chi connectivity index (χ3n) is 2.40. The highest BCUT2D eigenvalue weighted by molar-refractivity contribution is 5.51. The van der Waals surface area contributed by atoms with Crippen LogP contribution in [-0.4, -0.2) is 23.5 Å². The summed E-state index contributed by atoms with van der Waals surface area (Å²) in [6.07, 6.45) is 2.07. The number of pyridine rings is 1. The Morgan fingerprint density at radius 2 is 2.29 bits per heavy atom. The first-order valence-corrected chi connectivity index (χ1v) is 5.36. The molecule has 0 radical (unpaired) electrons. The first-order chi connectivity index (χ1) is 8.10. The van der Waals surface area contributed by atoms with Crippen molar-refractivity contribution in [3.05, 3.63) is 27.9 Å². The predicted octanol–water partition coefficient (Wildman–Crippen LogP) is 2.10. The summed E-state index contributed by atoms with van der Waals surface area (Å²) < 4.78 is 0. The van der Waals surface area contributed by atoms with Gasteiger partial charge in [0, 0.05) is 19.7 Å². The molecule has 0 atom stereocenters. The van der Waals surface area contributed by atoms with Crippen LogP contribution in [0.15, 0.2) is 12.1 Å². The SMILES string of the molecule is CCCCN(C)c1ccc([N+](=O)[O-])c(C#N)n1.